The molecule has 20 heavy (non-hydrogen) atoms. The van der Waals surface area contributed by atoms with Gasteiger partial charge in [-0.3, -0.25) is 0 Å². The first kappa shape index (κ1) is 16.3. The summed E-state index contributed by atoms with van der Waals surface area (Å²) < 4.78 is 0. The molecule has 0 aromatic heterocycles. The third kappa shape index (κ3) is 5.39. The highest BCUT2D eigenvalue weighted by Crippen LogP contribution is 2.49. The van der Waals surface area contributed by atoms with Crippen LogP contribution in [0.3, 0.4) is 0 Å². The molecular formula is C19H37N. The van der Waals surface area contributed by atoms with Gasteiger partial charge in [-0.25, -0.2) is 0 Å². The number of hydrogen-bond acceptors (Lipinski definition) is 1. The van der Waals surface area contributed by atoms with Crippen LogP contribution in [-0.2, 0) is 0 Å². The van der Waals surface area contributed by atoms with Gasteiger partial charge < -0.3 is 5.73 Å². The average Bonchev–Trinajstić information content (AvgIpc) is 3.04. The lowest BCUT2D eigenvalue weighted by molar-refractivity contribution is 0.288. The Hall–Kier alpha value is -0.0400. The molecule has 4 unspecified atom stereocenters. The van der Waals surface area contributed by atoms with Crippen LogP contribution in [-0.4, -0.2) is 6.04 Å². The Balaban J connectivity index is 1.42. The summed E-state index contributed by atoms with van der Waals surface area (Å²) in [6.45, 7) is 2.29. The van der Waals surface area contributed by atoms with Gasteiger partial charge >= 0.3 is 0 Å². The maximum atomic E-state index is 6.37. The van der Waals surface area contributed by atoms with Crippen LogP contribution in [0.4, 0.5) is 0 Å². The molecule has 2 bridgehead atoms. The van der Waals surface area contributed by atoms with E-state index in [1.165, 1.54) is 89.9 Å². The van der Waals surface area contributed by atoms with Crippen molar-refractivity contribution in [2.75, 3.05) is 0 Å². The van der Waals surface area contributed by atoms with Gasteiger partial charge in [-0.15, -0.1) is 0 Å². The zero-order valence-corrected chi connectivity index (χ0v) is 13.8. The minimum absolute atomic E-state index is 0.499. The number of fused-ring (bicyclic) bond motifs is 2. The molecule has 2 aliphatic rings. The number of hydrogen-bond donors (Lipinski definition) is 1. The predicted octanol–water partition coefficient (Wildman–Crippen LogP) is 5.67. The van der Waals surface area contributed by atoms with E-state index in [-0.39, 0.29) is 0 Å². The highest BCUT2D eigenvalue weighted by Gasteiger charge is 2.39. The molecular weight excluding hydrogens is 242 g/mol. The maximum absolute atomic E-state index is 6.37. The van der Waals surface area contributed by atoms with Gasteiger partial charge in [0, 0.05) is 6.04 Å². The molecule has 0 heterocycles. The van der Waals surface area contributed by atoms with Crippen LogP contribution in [0.2, 0.25) is 0 Å². The normalized spacial score (nSPS) is 30.0. The summed E-state index contributed by atoms with van der Waals surface area (Å²) in [6, 6.07) is 0.499. The van der Waals surface area contributed by atoms with Crippen LogP contribution in [0, 0.1) is 17.8 Å². The molecule has 0 saturated heterocycles. The summed E-state index contributed by atoms with van der Waals surface area (Å²) in [6.07, 6.45) is 20.0. The van der Waals surface area contributed by atoms with Crippen LogP contribution in [0.25, 0.3) is 0 Å². The Morgan fingerprint density at radius 3 is 2.20 bits per heavy atom. The standard InChI is InChI=1S/C19H37N/c1-2-3-4-5-6-7-8-9-10-19(20)15-18-14-16-11-12-17(18)13-16/h16-19H,2-15,20H2,1H3. The zero-order chi connectivity index (χ0) is 14.2. The summed E-state index contributed by atoms with van der Waals surface area (Å²) in [5.41, 5.74) is 6.37. The van der Waals surface area contributed by atoms with Crippen LogP contribution in [0.5, 0.6) is 0 Å². The fourth-order valence-corrected chi connectivity index (χ4v) is 4.71. The van der Waals surface area contributed by atoms with Crippen molar-refractivity contribution in [2.24, 2.45) is 23.5 Å². The summed E-state index contributed by atoms with van der Waals surface area (Å²) in [7, 11) is 0. The van der Waals surface area contributed by atoms with Gasteiger partial charge in [0.15, 0.2) is 0 Å². The molecule has 2 saturated carbocycles. The lowest BCUT2D eigenvalue weighted by Gasteiger charge is -2.24. The predicted molar refractivity (Wildman–Crippen MR) is 88.8 cm³/mol. The molecule has 0 spiro atoms. The van der Waals surface area contributed by atoms with E-state index in [4.69, 9.17) is 5.73 Å². The second kappa shape index (κ2) is 9.07. The fraction of sp³-hybridized carbons (Fsp3) is 1.00. The highest BCUT2D eigenvalue weighted by atomic mass is 14.6. The topological polar surface area (TPSA) is 26.0 Å². The van der Waals surface area contributed by atoms with E-state index >= 15 is 0 Å². The monoisotopic (exact) mass is 279 g/mol. The van der Waals surface area contributed by atoms with E-state index < -0.39 is 0 Å². The van der Waals surface area contributed by atoms with E-state index in [1.54, 1.807) is 0 Å². The van der Waals surface area contributed by atoms with Crippen LogP contribution in [0.15, 0.2) is 0 Å². The van der Waals surface area contributed by atoms with E-state index in [0.29, 0.717) is 6.04 Å². The van der Waals surface area contributed by atoms with Crippen molar-refractivity contribution in [3.05, 3.63) is 0 Å². The SMILES string of the molecule is CCCCCCCCCCC(N)CC1CC2CCC1C2. The first-order chi connectivity index (χ1) is 9.79. The first-order valence-electron chi connectivity index (χ1n) is 9.55. The van der Waals surface area contributed by atoms with Gasteiger partial charge in [0.25, 0.3) is 0 Å². The zero-order valence-electron chi connectivity index (χ0n) is 13.8. The van der Waals surface area contributed by atoms with Crippen molar-refractivity contribution in [1.29, 1.82) is 0 Å². The molecule has 0 aromatic carbocycles. The third-order valence-corrected chi connectivity index (χ3v) is 5.92. The Kier molecular flexibility index (Phi) is 7.41. The Bertz CT molecular complexity index is 250. The molecule has 2 fully saturated rings. The Labute approximate surface area is 127 Å². The first-order valence-corrected chi connectivity index (χ1v) is 9.55. The van der Waals surface area contributed by atoms with Crippen molar-refractivity contribution in [1.82, 2.24) is 0 Å². The lowest BCUT2D eigenvalue weighted by Crippen LogP contribution is -2.26. The molecule has 2 N–H and O–H groups in total. The number of nitrogens with two attached hydrogens (primary N) is 1. The van der Waals surface area contributed by atoms with Gasteiger partial charge in [-0.05, 0) is 49.9 Å². The lowest BCUT2D eigenvalue weighted by atomic mass is 9.83. The second-order valence-electron chi connectivity index (χ2n) is 7.69. The van der Waals surface area contributed by atoms with E-state index in [0.717, 1.165) is 17.8 Å². The molecule has 0 radical (unpaired) electrons. The number of rotatable bonds is 11. The molecule has 118 valence electrons. The molecule has 4 atom stereocenters. The number of unbranched alkanes of at least 4 members (excludes halogenated alkanes) is 7. The van der Waals surface area contributed by atoms with E-state index in [1.807, 2.05) is 0 Å². The third-order valence-electron chi connectivity index (χ3n) is 5.92. The van der Waals surface area contributed by atoms with Gasteiger partial charge in [-0.2, -0.15) is 0 Å². The largest absolute Gasteiger partial charge is 0.328 e. The van der Waals surface area contributed by atoms with Crippen molar-refractivity contribution >= 4 is 0 Å². The molecule has 2 rings (SSSR count). The van der Waals surface area contributed by atoms with Crippen LogP contribution >= 0.6 is 0 Å². The summed E-state index contributed by atoms with van der Waals surface area (Å²) in [5, 5.41) is 0. The van der Waals surface area contributed by atoms with Gasteiger partial charge in [0.1, 0.15) is 0 Å². The molecule has 1 nitrogen and oxygen atoms in total. The van der Waals surface area contributed by atoms with Crippen molar-refractivity contribution in [3.63, 3.8) is 0 Å². The second-order valence-corrected chi connectivity index (χ2v) is 7.69. The molecule has 1 heteroatoms. The van der Waals surface area contributed by atoms with Gasteiger partial charge in [0.05, 0.1) is 0 Å². The fourth-order valence-electron chi connectivity index (χ4n) is 4.71. The van der Waals surface area contributed by atoms with Gasteiger partial charge in [0.2, 0.25) is 0 Å². The van der Waals surface area contributed by atoms with Crippen molar-refractivity contribution in [3.8, 4) is 0 Å². The summed E-state index contributed by atoms with van der Waals surface area (Å²) in [4.78, 5) is 0. The maximum Gasteiger partial charge on any atom is 0.00415 e. The minimum Gasteiger partial charge on any atom is -0.328 e. The highest BCUT2D eigenvalue weighted by molar-refractivity contribution is 4.91. The quantitative estimate of drug-likeness (QED) is 0.484. The van der Waals surface area contributed by atoms with E-state index in [2.05, 4.69) is 6.92 Å². The van der Waals surface area contributed by atoms with Crippen molar-refractivity contribution in [2.45, 2.75) is 103 Å². The Morgan fingerprint density at radius 2 is 1.60 bits per heavy atom. The average molecular weight is 280 g/mol. The molecule has 0 aliphatic heterocycles. The molecule has 0 aromatic rings. The molecule has 2 aliphatic carbocycles. The summed E-state index contributed by atoms with van der Waals surface area (Å²) >= 11 is 0. The van der Waals surface area contributed by atoms with Gasteiger partial charge in [-0.1, -0.05) is 64.7 Å². The minimum atomic E-state index is 0.499. The van der Waals surface area contributed by atoms with E-state index in [9.17, 15) is 0 Å². The summed E-state index contributed by atoms with van der Waals surface area (Å²) in [5.74, 6) is 3.14. The smallest absolute Gasteiger partial charge is 0.00415 e. The molecule has 0 amide bonds. The Morgan fingerprint density at radius 1 is 0.900 bits per heavy atom. The van der Waals surface area contributed by atoms with Crippen LogP contribution in [0.1, 0.15) is 96.8 Å². The van der Waals surface area contributed by atoms with Crippen molar-refractivity contribution < 1.29 is 0 Å². The van der Waals surface area contributed by atoms with Crippen LogP contribution < -0.4 is 5.73 Å².